The van der Waals surface area contributed by atoms with Gasteiger partial charge in [0, 0.05) is 18.7 Å². The van der Waals surface area contributed by atoms with Gasteiger partial charge in [0.1, 0.15) is 5.82 Å². The maximum absolute atomic E-state index is 13.3. The molecule has 15 heavy (non-hydrogen) atoms. The van der Waals surface area contributed by atoms with E-state index < -0.39 is 0 Å². The van der Waals surface area contributed by atoms with Gasteiger partial charge in [-0.1, -0.05) is 13.0 Å². The van der Waals surface area contributed by atoms with E-state index in [0.29, 0.717) is 18.8 Å². The van der Waals surface area contributed by atoms with Gasteiger partial charge in [0.15, 0.2) is 0 Å². The normalized spacial score (nSPS) is 10.6. The van der Waals surface area contributed by atoms with Crippen molar-refractivity contribution in [2.24, 2.45) is 0 Å². The van der Waals surface area contributed by atoms with Crippen molar-refractivity contribution in [1.82, 2.24) is 5.32 Å². The Hall–Kier alpha value is -0.930. The molecule has 0 bridgehead atoms. The number of ether oxygens (including phenoxy) is 1. The fraction of sp³-hybridized carbons (Fsp3) is 0.500. The van der Waals surface area contributed by atoms with Crippen molar-refractivity contribution in [1.29, 1.82) is 0 Å². The highest BCUT2D eigenvalue weighted by molar-refractivity contribution is 5.24. The van der Waals surface area contributed by atoms with Crippen LogP contribution >= 0.6 is 0 Å². The second-order valence-corrected chi connectivity index (χ2v) is 3.34. The minimum Gasteiger partial charge on any atom is -0.377 e. The van der Waals surface area contributed by atoms with Gasteiger partial charge in [0.05, 0.1) is 6.61 Å². The van der Waals surface area contributed by atoms with E-state index in [1.54, 1.807) is 6.07 Å². The zero-order valence-corrected chi connectivity index (χ0v) is 9.35. The summed E-state index contributed by atoms with van der Waals surface area (Å²) in [6.45, 7) is 6.60. The van der Waals surface area contributed by atoms with Crippen molar-refractivity contribution >= 4 is 0 Å². The monoisotopic (exact) mass is 211 g/mol. The lowest BCUT2D eigenvalue weighted by Gasteiger charge is -2.07. The summed E-state index contributed by atoms with van der Waals surface area (Å²) in [7, 11) is 0. The van der Waals surface area contributed by atoms with Crippen LogP contribution in [0.5, 0.6) is 0 Å². The standard InChI is InChI=1S/C12H18FNO/c1-3-14-8-10-5-6-12(13)11(7-10)9-15-4-2/h5-7,14H,3-4,8-9H2,1-2H3. The van der Waals surface area contributed by atoms with E-state index in [2.05, 4.69) is 5.32 Å². The molecule has 1 aromatic carbocycles. The summed E-state index contributed by atoms with van der Waals surface area (Å²) in [5.41, 5.74) is 1.72. The van der Waals surface area contributed by atoms with Crippen molar-refractivity contribution in [2.45, 2.75) is 27.0 Å². The minimum absolute atomic E-state index is 0.191. The Morgan fingerprint density at radius 1 is 1.33 bits per heavy atom. The van der Waals surface area contributed by atoms with Gasteiger partial charge < -0.3 is 10.1 Å². The summed E-state index contributed by atoms with van der Waals surface area (Å²) in [6, 6.07) is 5.15. The van der Waals surface area contributed by atoms with Crippen molar-refractivity contribution < 1.29 is 9.13 Å². The number of nitrogens with one attached hydrogen (secondary N) is 1. The molecule has 0 radical (unpaired) electrons. The summed E-state index contributed by atoms with van der Waals surface area (Å²) in [5, 5.41) is 3.20. The van der Waals surface area contributed by atoms with Gasteiger partial charge in [-0.2, -0.15) is 0 Å². The van der Waals surface area contributed by atoms with Crippen molar-refractivity contribution in [3.05, 3.63) is 35.1 Å². The zero-order valence-electron chi connectivity index (χ0n) is 9.35. The number of hydrogen-bond acceptors (Lipinski definition) is 2. The van der Waals surface area contributed by atoms with E-state index in [1.165, 1.54) is 6.07 Å². The van der Waals surface area contributed by atoms with Crippen LogP contribution in [-0.4, -0.2) is 13.2 Å². The third kappa shape index (κ3) is 3.98. The third-order valence-corrected chi connectivity index (χ3v) is 2.15. The van der Waals surface area contributed by atoms with Crippen LogP contribution in [0.15, 0.2) is 18.2 Å². The summed E-state index contributed by atoms with van der Waals surface area (Å²) in [4.78, 5) is 0. The molecule has 1 N–H and O–H groups in total. The molecule has 2 nitrogen and oxygen atoms in total. The van der Waals surface area contributed by atoms with Gasteiger partial charge in [-0.15, -0.1) is 0 Å². The molecule has 0 unspecified atom stereocenters. The molecule has 1 rings (SSSR count). The zero-order chi connectivity index (χ0) is 11.1. The molecule has 0 saturated carbocycles. The first-order valence-corrected chi connectivity index (χ1v) is 5.33. The van der Waals surface area contributed by atoms with E-state index >= 15 is 0 Å². The number of benzene rings is 1. The molecule has 0 amide bonds. The number of halogens is 1. The molecule has 1 aromatic rings. The molecule has 0 aliphatic rings. The van der Waals surface area contributed by atoms with Crippen molar-refractivity contribution in [3.8, 4) is 0 Å². The second-order valence-electron chi connectivity index (χ2n) is 3.34. The highest BCUT2D eigenvalue weighted by atomic mass is 19.1. The molecular formula is C12H18FNO. The molecule has 0 fully saturated rings. The van der Waals surface area contributed by atoms with Crippen LogP contribution in [0.25, 0.3) is 0 Å². The summed E-state index contributed by atoms with van der Waals surface area (Å²) in [5.74, 6) is -0.191. The molecular weight excluding hydrogens is 193 g/mol. The van der Waals surface area contributed by atoms with Gasteiger partial charge in [-0.05, 0) is 31.2 Å². The molecule has 84 valence electrons. The van der Waals surface area contributed by atoms with Gasteiger partial charge in [-0.25, -0.2) is 4.39 Å². The van der Waals surface area contributed by atoms with Crippen LogP contribution < -0.4 is 5.32 Å². The Balaban J connectivity index is 2.66. The average molecular weight is 211 g/mol. The molecule has 3 heteroatoms. The first-order valence-electron chi connectivity index (χ1n) is 5.33. The Bertz CT molecular complexity index is 302. The lowest BCUT2D eigenvalue weighted by molar-refractivity contribution is 0.131. The summed E-state index contributed by atoms with van der Waals surface area (Å²) < 4.78 is 18.5. The number of rotatable bonds is 6. The topological polar surface area (TPSA) is 21.3 Å². The molecule has 0 aromatic heterocycles. The first kappa shape index (κ1) is 12.1. The van der Waals surface area contributed by atoms with E-state index in [0.717, 1.165) is 18.7 Å². The Morgan fingerprint density at radius 2 is 2.13 bits per heavy atom. The smallest absolute Gasteiger partial charge is 0.128 e. The summed E-state index contributed by atoms with van der Waals surface area (Å²) >= 11 is 0. The van der Waals surface area contributed by atoms with E-state index in [-0.39, 0.29) is 5.82 Å². The third-order valence-electron chi connectivity index (χ3n) is 2.15. The van der Waals surface area contributed by atoms with Gasteiger partial charge in [0.2, 0.25) is 0 Å². The van der Waals surface area contributed by atoms with E-state index in [4.69, 9.17) is 4.74 Å². The molecule has 0 spiro atoms. The average Bonchev–Trinajstić information content (AvgIpc) is 2.26. The second kappa shape index (κ2) is 6.53. The molecule has 0 saturated heterocycles. The van der Waals surface area contributed by atoms with Crippen molar-refractivity contribution in [3.63, 3.8) is 0 Å². The Labute approximate surface area is 90.4 Å². The Kier molecular flexibility index (Phi) is 5.29. The van der Waals surface area contributed by atoms with Crippen molar-refractivity contribution in [2.75, 3.05) is 13.2 Å². The van der Waals surface area contributed by atoms with Crippen LogP contribution in [0, 0.1) is 5.82 Å². The predicted octanol–water partition coefficient (Wildman–Crippen LogP) is 2.47. The largest absolute Gasteiger partial charge is 0.377 e. The highest BCUT2D eigenvalue weighted by Crippen LogP contribution is 2.11. The van der Waals surface area contributed by atoms with Crippen LogP contribution in [0.4, 0.5) is 4.39 Å². The fourth-order valence-electron chi connectivity index (χ4n) is 1.33. The van der Waals surface area contributed by atoms with E-state index in [1.807, 2.05) is 19.9 Å². The summed E-state index contributed by atoms with van der Waals surface area (Å²) in [6.07, 6.45) is 0. The lowest BCUT2D eigenvalue weighted by Crippen LogP contribution is -2.12. The maximum Gasteiger partial charge on any atom is 0.128 e. The minimum atomic E-state index is -0.191. The van der Waals surface area contributed by atoms with Crippen LogP contribution in [0.3, 0.4) is 0 Å². The SMILES string of the molecule is CCNCc1ccc(F)c(COCC)c1. The highest BCUT2D eigenvalue weighted by Gasteiger charge is 2.03. The number of hydrogen-bond donors (Lipinski definition) is 1. The predicted molar refractivity (Wildman–Crippen MR) is 59.1 cm³/mol. The molecule has 0 aliphatic carbocycles. The molecule has 0 heterocycles. The Morgan fingerprint density at radius 3 is 2.80 bits per heavy atom. The lowest BCUT2D eigenvalue weighted by atomic mass is 10.1. The molecule has 0 aliphatic heterocycles. The van der Waals surface area contributed by atoms with Crippen LogP contribution in [0.2, 0.25) is 0 Å². The van der Waals surface area contributed by atoms with Gasteiger partial charge in [-0.3, -0.25) is 0 Å². The quantitative estimate of drug-likeness (QED) is 0.780. The molecule has 0 atom stereocenters. The first-order chi connectivity index (χ1) is 7.27. The fourth-order valence-corrected chi connectivity index (χ4v) is 1.33. The maximum atomic E-state index is 13.3. The van der Waals surface area contributed by atoms with Crippen LogP contribution in [-0.2, 0) is 17.9 Å². The van der Waals surface area contributed by atoms with Gasteiger partial charge in [0.25, 0.3) is 0 Å². The van der Waals surface area contributed by atoms with Crippen LogP contribution in [0.1, 0.15) is 25.0 Å². The van der Waals surface area contributed by atoms with Gasteiger partial charge >= 0.3 is 0 Å². The van der Waals surface area contributed by atoms with E-state index in [9.17, 15) is 4.39 Å².